The normalized spacial score (nSPS) is 18.0. The molecule has 0 N–H and O–H groups in total. The minimum Gasteiger partial charge on any atom is -0.272 e. The Kier molecular flexibility index (Phi) is 11.5. The molecule has 3 heteroatoms. The lowest BCUT2D eigenvalue weighted by Crippen LogP contribution is -2.13. The molecule has 1 aliphatic rings. The van der Waals surface area contributed by atoms with Crippen molar-refractivity contribution in [2.45, 2.75) is 96.8 Å². The highest BCUT2D eigenvalue weighted by atomic mass is 16.2. The van der Waals surface area contributed by atoms with Crippen molar-refractivity contribution in [3.8, 4) is 0 Å². The second-order valence-electron chi connectivity index (χ2n) is 6.76. The average Bonchev–Trinajstić information content (AvgIpc) is 2.85. The van der Waals surface area contributed by atoms with Gasteiger partial charge in [-0.3, -0.25) is 9.59 Å². The van der Waals surface area contributed by atoms with Gasteiger partial charge in [0.25, 0.3) is 5.91 Å². The van der Waals surface area contributed by atoms with Crippen molar-refractivity contribution in [1.29, 1.82) is 0 Å². The fourth-order valence-electron chi connectivity index (χ4n) is 3.04. The number of unbranched alkanes of at least 4 members (excludes halogenated alkanes) is 12. The van der Waals surface area contributed by atoms with E-state index in [1.807, 2.05) is 12.2 Å². The Morgan fingerprint density at radius 3 is 1.87 bits per heavy atom. The van der Waals surface area contributed by atoms with Gasteiger partial charge in [0.2, 0.25) is 5.91 Å². The molecule has 1 aliphatic heterocycles. The molecule has 131 valence electrons. The number of imide groups is 1. The van der Waals surface area contributed by atoms with Gasteiger partial charge in [-0.25, -0.2) is 0 Å². The van der Waals surface area contributed by atoms with Crippen LogP contribution in [0.5, 0.6) is 0 Å². The molecule has 23 heavy (non-hydrogen) atoms. The predicted molar refractivity (Wildman–Crippen MR) is 95.1 cm³/mol. The number of amides is 2. The molecule has 0 aromatic heterocycles. The van der Waals surface area contributed by atoms with E-state index < -0.39 is 0 Å². The molecule has 0 aromatic rings. The lowest BCUT2D eigenvalue weighted by Gasteiger charge is -2.02. The Morgan fingerprint density at radius 2 is 1.39 bits per heavy atom. The van der Waals surface area contributed by atoms with E-state index in [4.69, 9.17) is 0 Å². The highest BCUT2D eigenvalue weighted by molar-refractivity contribution is 6.03. The number of rotatable bonds is 14. The van der Waals surface area contributed by atoms with E-state index in [1.54, 1.807) is 0 Å². The lowest BCUT2D eigenvalue weighted by atomic mass is 10.0. The summed E-state index contributed by atoms with van der Waals surface area (Å²) in [6.07, 6.45) is 21.5. The van der Waals surface area contributed by atoms with Crippen molar-refractivity contribution in [2.24, 2.45) is 5.92 Å². The van der Waals surface area contributed by atoms with Crippen LogP contribution in [-0.4, -0.2) is 11.8 Å². The van der Waals surface area contributed by atoms with Crippen molar-refractivity contribution < 1.29 is 9.59 Å². The van der Waals surface area contributed by atoms with Crippen molar-refractivity contribution >= 4 is 11.8 Å². The van der Waals surface area contributed by atoms with Gasteiger partial charge < -0.3 is 0 Å². The Balaban J connectivity index is 1.81. The van der Waals surface area contributed by atoms with Gasteiger partial charge in [0.1, 0.15) is 0 Å². The zero-order valence-electron chi connectivity index (χ0n) is 14.9. The first-order chi connectivity index (χ1) is 11.2. The molecule has 1 atom stereocenters. The molecule has 0 spiro atoms. The molecule has 0 bridgehead atoms. The van der Waals surface area contributed by atoms with Crippen molar-refractivity contribution in [3.63, 3.8) is 0 Å². The summed E-state index contributed by atoms with van der Waals surface area (Å²) < 4.78 is 0. The largest absolute Gasteiger partial charge is 0.272 e. The number of hydrogen-bond acceptors (Lipinski definition) is 2. The zero-order chi connectivity index (χ0) is 16.8. The van der Waals surface area contributed by atoms with Gasteiger partial charge in [-0.15, -0.1) is 0 Å². The SMILES string of the molecule is CCCCCCCCCCCCCCC=CC1CC(=O)[N]C1=O. The quantitative estimate of drug-likeness (QED) is 0.247. The van der Waals surface area contributed by atoms with Crippen LogP contribution in [0.15, 0.2) is 12.2 Å². The summed E-state index contributed by atoms with van der Waals surface area (Å²) in [6.45, 7) is 2.26. The van der Waals surface area contributed by atoms with Crippen LogP contribution in [0.25, 0.3) is 0 Å². The minimum absolute atomic E-state index is 0.263. The van der Waals surface area contributed by atoms with Crippen molar-refractivity contribution in [1.82, 2.24) is 5.32 Å². The fourth-order valence-corrected chi connectivity index (χ4v) is 3.04. The number of hydrogen-bond donors (Lipinski definition) is 0. The van der Waals surface area contributed by atoms with Gasteiger partial charge in [-0.05, 0) is 12.8 Å². The monoisotopic (exact) mass is 320 g/mol. The summed E-state index contributed by atoms with van der Waals surface area (Å²) in [4.78, 5) is 22.3. The van der Waals surface area contributed by atoms with Gasteiger partial charge in [0.15, 0.2) is 0 Å². The third kappa shape index (κ3) is 10.3. The summed E-state index contributed by atoms with van der Waals surface area (Å²) in [5, 5.41) is 3.43. The summed E-state index contributed by atoms with van der Waals surface area (Å²) in [7, 11) is 0. The van der Waals surface area contributed by atoms with Gasteiger partial charge in [-0.2, -0.15) is 5.32 Å². The van der Waals surface area contributed by atoms with Crippen LogP contribution < -0.4 is 5.32 Å². The summed E-state index contributed by atoms with van der Waals surface area (Å²) in [5.74, 6) is -0.809. The van der Waals surface area contributed by atoms with E-state index >= 15 is 0 Å². The zero-order valence-corrected chi connectivity index (χ0v) is 14.9. The van der Waals surface area contributed by atoms with E-state index in [-0.39, 0.29) is 24.2 Å². The maximum atomic E-state index is 11.3. The number of allylic oxidation sites excluding steroid dienone is 1. The Hall–Kier alpha value is -1.12. The molecular formula is C20H34NO2. The Morgan fingerprint density at radius 1 is 0.870 bits per heavy atom. The van der Waals surface area contributed by atoms with Gasteiger partial charge in [0.05, 0.1) is 5.92 Å². The maximum Gasteiger partial charge on any atom is 0.256 e. The highest BCUT2D eigenvalue weighted by Crippen LogP contribution is 2.15. The molecule has 0 aliphatic carbocycles. The molecule has 3 nitrogen and oxygen atoms in total. The number of carbonyl (C=O) groups excluding carboxylic acids is 2. The second kappa shape index (κ2) is 13.3. The topological polar surface area (TPSA) is 48.2 Å². The number of nitrogens with zero attached hydrogens (tertiary/aromatic N) is 1. The van der Waals surface area contributed by atoms with E-state index in [0.29, 0.717) is 0 Å². The van der Waals surface area contributed by atoms with Gasteiger partial charge in [0, 0.05) is 6.42 Å². The minimum atomic E-state index is -0.278. The van der Waals surface area contributed by atoms with E-state index in [1.165, 1.54) is 77.0 Å². The highest BCUT2D eigenvalue weighted by Gasteiger charge is 2.30. The molecule has 1 radical (unpaired) electrons. The van der Waals surface area contributed by atoms with Crippen LogP contribution in [-0.2, 0) is 9.59 Å². The van der Waals surface area contributed by atoms with Crippen molar-refractivity contribution in [3.05, 3.63) is 12.2 Å². The summed E-state index contributed by atoms with van der Waals surface area (Å²) in [5.41, 5.74) is 0. The van der Waals surface area contributed by atoms with E-state index in [9.17, 15) is 9.59 Å². The maximum absolute atomic E-state index is 11.3. The molecule has 1 fully saturated rings. The summed E-state index contributed by atoms with van der Waals surface area (Å²) in [6, 6.07) is 0. The lowest BCUT2D eigenvalue weighted by molar-refractivity contribution is -0.125. The van der Waals surface area contributed by atoms with Crippen LogP contribution in [0.4, 0.5) is 0 Å². The summed E-state index contributed by atoms with van der Waals surface area (Å²) >= 11 is 0. The average molecular weight is 320 g/mol. The standard InChI is InChI=1S/C20H34NO2/c1-2-3-4-5-6-7-8-9-10-11-12-13-14-15-16-18-17-19(22)21-20(18)23/h15-16,18H,2-14,17H2,1H3. The van der Waals surface area contributed by atoms with Crippen LogP contribution >= 0.6 is 0 Å². The van der Waals surface area contributed by atoms with Gasteiger partial charge >= 0.3 is 0 Å². The Bertz CT molecular complexity index is 363. The van der Waals surface area contributed by atoms with E-state index in [2.05, 4.69) is 12.2 Å². The third-order valence-corrected chi connectivity index (χ3v) is 4.54. The molecule has 2 amide bonds. The first-order valence-corrected chi connectivity index (χ1v) is 9.69. The van der Waals surface area contributed by atoms with Crippen molar-refractivity contribution in [2.75, 3.05) is 0 Å². The van der Waals surface area contributed by atoms with Gasteiger partial charge in [-0.1, -0.05) is 89.7 Å². The number of carbonyl (C=O) groups is 2. The molecule has 1 saturated heterocycles. The van der Waals surface area contributed by atoms with E-state index in [0.717, 1.165) is 6.42 Å². The van der Waals surface area contributed by atoms with Crippen LogP contribution in [0, 0.1) is 5.92 Å². The fraction of sp³-hybridized carbons (Fsp3) is 0.800. The molecule has 1 rings (SSSR count). The van der Waals surface area contributed by atoms with Crippen LogP contribution in [0.1, 0.15) is 96.8 Å². The molecule has 0 saturated carbocycles. The van der Waals surface area contributed by atoms with Crippen LogP contribution in [0.2, 0.25) is 0 Å². The molecule has 1 unspecified atom stereocenters. The smallest absolute Gasteiger partial charge is 0.256 e. The van der Waals surface area contributed by atoms with Crippen LogP contribution in [0.3, 0.4) is 0 Å². The first-order valence-electron chi connectivity index (χ1n) is 9.69. The molecule has 1 heterocycles. The second-order valence-corrected chi connectivity index (χ2v) is 6.76. The third-order valence-electron chi connectivity index (χ3n) is 4.54. The molecular weight excluding hydrogens is 286 g/mol. The Labute approximate surface area is 142 Å². The predicted octanol–water partition coefficient (Wildman–Crippen LogP) is 5.31. The first kappa shape index (κ1) is 19.9. The molecule has 0 aromatic carbocycles.